The predicted molar refractivity (Wildman–Crippen MR) is 112 cm³/mol. The highest BCUT2D eigenvalue weighted by molar-refractivity contribution is 5.93. The van der Waals surface area contributed by atoms with Crippen LogP contribution in [0.2, 0.25) is 0 Å². The topological polar surface area (TPSA) is 96.2 Å². The number of amides is 1. The van der Waals surface area contributed by atoms with Crippen molar-refractivity contribution in [1.82, 2.24) is 19.7 Å². The number of nitrogens with zero attached hydrogens (tertiary/aromatic N) is 5. The first-order valence-corrected chi connectivity index (χ1v) is 9.44. The number of aryl methyl sites for hydroxylation is 1. The third kappa shape index (κ3) is 4.19. The van der Waals surface area contributed by atoms with Crippen LogP contribution in [0.15, 0.2) is 41.8 Å². The van der Waals surface area contributed by atoms with Gasteiger partial charge in [-0.15, -0.1) is 0 Å². The Morgan fingerprint density at radius 1 is 1.24 bits per heavy atom. The molecular formula is C20H23N7O2. The maximum atomic E-state index is 12.0. The zero-order valence-corrected chi connectivity index (χ0v) is 16.4. The van der Waals surface area contributed by atoms with Crippen molar-refractivity contribution >= 4 is 29.4 Å². The molecule has 9 heteroatoms. The molecule has 0 spiro atoms. The van der Waals surface area contributed by atoms with E-state index in [9.17, 15) is 4.79 Å². The number of ether oxygens (including phenoxy) is 1. The van der Waals surface area contributed by atoms with Crippen molar-refractivity contribution in [2.24, 2.45) is 5.10 Å². The molecule has 0 saturated carbocycles. The van der Waals surface area contributed by atoms with Crippen LogP contribution < -0.4 is 15.6 Å². The van der Waals surface area contributed by atoms with E-state index in [1.54, 1.807) is 30.1 Å². The monoisotopic (exact) mass is 393 g/mol. The highest BCUT2D eigenvalue weighted by Gasteiger charge is 2.20. The van der Waals surface area contributed by atoms with E-state index in [0.29, 0.717) is 49.3 Å². The fourth-order valence-corrected chi connectivity index (χ4v) is 3.18. The molecule has 150 valence electrons. The summed E-state index contributed by atoms with van der Waals surface area (Å²) in [4.78, 5) is 23.3. The Labute approximate surface area is 168 Å². The molecule has 1 fully saturated rings. The van der Waals surface area contributed by atoms with Gasteiger partial charge in [-0.25, -0.2) is 9.97 Å². The van der Waals surface area contributed by atoms with Crippen LogP contribution in [0.3, 0.4) is 0 Å². The zero-order valence-electron chi connectivity index (χ0n) is 16.4. The van der Waals surface area contributed by atoms with Crippen molar-refractivity contribution in [2.45, 2.75) is 6.92 Å². The number of fused-ring (bicyclic) bond motifs is 1. The minimum atomic E-state index is -0.242. The van der Waals surface area contributed by atoms with E-state index in [-0.39, 0.29) is 5.91 Å². The molecule has 0 atom stereocenters. The maximum absolute atomic E-state index is 12.0. The van der Waals surface area contributed by atoms with Crippen LogP contribution in [-0.4, -0.2) is 59.8 Å². The quantitative estimate of drug-likeness (QED) is 0.506. The fourth-order valence-electron chi connectivity index (χ4n) is 3.18. The van der Waals surface area contributed by atoms with Gasteiger partial charge in [-0.05, 0) is 12.5 Å². The third-order valence-corrected chi connectivity index (χ3v) is 4.63. The summed E-state index contributed by atoms with van der Waals surface area (Å²) in [5.74, 6) is 1.01. The normalized spacial score (nSPS) is 14.5. The van der Waals surface area contributed by atoms with Gasteiger partial charge in [-0.3, -0.25) is 14.6 Å². The van der Waals surface area contributed by atoms with Crippen LogP contribution in [0.25, 0.3) is 5.65 Å². The van der Waals surface area contributed by atoms with Gasteiger partial charge in [0, 0.05) is 26.3 Å². The Balaban J connectivity index is 1.67. The molecule has 0 radical (unpaired) electrons. The molecule has 1 amide bonds. The van der Waals surface area contributed by atoms with Crippen molar-refractivity contribution in [3.05, 3.63) is 53.5 Å². The van der Waals surface area contributed by atoms with E-state index in [1.807, 2.05) is 31.2 Å². The number of hydrogen-bond donors (Lipinski definition) is 2. The summed E-state index contributed by atoms with van der Waals surface area (Å²) in [6.07, 6.45) is 5.21. The molecule has 0 bridgehead atoms. The molecular weight excluding hydrogens is 370 g/mol. The van der Waals surface area contributed by atoms with Crippen LogP contribution in [0, 0.1) is 6.92 Å². The molecule has 1 aromatic carbocycles. The van der Waals surface area contributed by atoms with E-state index in [4.69, 9.17) is 9.72 Å². The second kappa shape index (κ2) is 8.27. The lowest BCUT2D eigenvalue weighted by Crippen LogP contribution is -2.37. The zero-order chi connectivity index (χ0) is 20.2. The van der Waals surface area contributed by atoms with Gasteiger partial charge in [0.15, 0.2) is 17.3 Å². The Kier molecular flexibility index (Phi) is 5.39. The number of benzene rings is 1. The fraction of sp³-hybridized carbons (Fsp3) is 0.300. The van der Waals surface area contributed by atoms with Gasteiger partial charge in [0.25, 0.3) is 5.91 Å². The highest BCUT2D eigenvalue weighted by Crippen LogP contribution is 2.23. The number of morpholine rings is 1. The van der Waals surface area contributed by atoms with Gasteiger partial charge in [-0.2, -0.15) is 5.10 Å². The van der Waals surface area contributed by atoms with Crippen LogP contribution in [0.4, 0.5) is 11.6 Å². The highest BCUT2D eigenvalue weighted by atomic mass is 16.5. The van der Waals surface area contributed by atoms with Gasteiger partial charge < -0.3 is 15.0 Å². The first kappa shape index (κ1) is 18.9. The van der Waals surface area contributed by atoms with Crippen molar-refractivity contribution in [3.8, 4) is 0 Å². The number of anilines is 2. The minimum Gasteiger partial charge on any atom is -0.378 e. The Morgan fingerprint density at radius 2 is 2.07 bits per heavy atom. The Hall–Kier alpha value is -3.46. The minimum absolute atomic E-state index is 0.242. The van der Waals surface area contributed by atoms with Gasteiger partial charge in [0.05, 0.1) is 25.6 Å². The summed E-state index contributed by atoms with van der Waals surface area (Å²) >= 11 is 0. The van der Waals surface area contributed by atoms with Crippen LogP contribution in [-0.2, 0) is 4.74 Å². The second-order valence-corrected chi connectivity index (χ2v) is 6.77. The molecule has 9 nitrogen and oxygen atoms in total. The number of rotatable bonds is 5. The molecule has 1 aliphatic heterocycles. The molecule has 4 rings (SSSR count). The molecule has 1 saturated heterocycles. The van der Waals surface area contributed by atoms with Crippen LogP contribution in [0.5, 0.6) is 0 Å². The summed E-state index contributed by atoms with van der Waals surface area (Å²) in [5, 5.41) is 6.92. The molecule has 2 N–H and O–H groups in total. The van der Waals surface area contributed by atoms with Gasteiger partial charge in [0.2, 0.25) is 0 Å². The smallest absolute Gasteiger partial charge is 0.271 e. The lowest BCUT2D eigenvalue weighted by Gasteiger charge is -2.28. The van der Waals surface area contributed by atoms with Gasteiger partial charge in [-0.1, -0.05) is 29.8 Å². The molecule has 2 aromatic heterocycles. The number of imidazole rings is 1. The lowest BCUT2D eigenvalue weighted by atomic mass is 10.2. The van der Waals surface area contributed by atoms with Crippen molar-refractivity contribution in [1.29, 1.82) is 0 Å². The summed E-state index contributed by atoms with van der Waals surface area (Å²) in [5.41, 5.74) is 6.12. The number of carbonyl (C=O) groups is 1. The molecule has 1 aliphatic rings. The van der Waals surface area contributed by atoms with E-state index >= 15 is 0 Å². The first-order chi connectivity index (χ1) is 14.1. The number of hydrazone groups is 1. The van der Waals surface area contributed by atoms with Gasteiger partial charge >= 0.3 is 0 Å². The summed E-state index contributed by atoms with van der Waals surface area (Å²) in [7, 11) is 1.58. The standard InChI is InChI=1S/C20H23N7O2/c1-14-4-3-5-15(10-14)11-22-25-17-13-27-12-16(20(28)21-2)23-18(27)19(24-17)26-6-8-29-9-7-26/h3-5,10-13,25H,6-9H2,1-2H3,(H,21,28)/b22-11+. The first-order valence-electron chi connectivity index (χ1n) is 9.44. The van der Waals surface area contributed by atoms with Crippen molar-refractivity contribution < 1.29 is 9.53 Å². The maximum Gasteiger partial charge on any atom is 0.271 e. The summed E-state index contributed by atoms with van der Waals surface area (Å²) < 4.78 is 7.25. The Bertz CT molecular complexity index is 1050. The lowest BCUT2D eigenvalue weighted by molar-refractivity contribution is 0.0958. The number of nitrogens with one attached hydrogen (secondary N) is 2. The number of hydrogen-bond acceptors (Lipinski definition) is 7. The molecule has 3 heterocycles. The van der Waals surface area contributed by atoms with E-state index < -0.39 is 0 Å². The average molecular weight is 393 g/mol. The number of aromatic nitrogens is 3. The van der Waals surface area contributed by atoms with Crippen LogP contribution in [0.1, 0.15) is 21.6 Å². The second-order valence-electron chi connectivity index (χ2n) is 6.77. The van der Waals surface area contributed by atoms with E-state index in [2.05, 4.69) is 25.7 Å². The van der Waals surface area contributed by atoms with E-state index in [0.717, 1.165) is 5.56 Å². The summed E-state index contributed by atoms with van der Waals surface area (Å²) in [6.45, 7) is 4.71. The SMILES string of the molecule is CNC(=O)c1cn2cc(N/N=C/c3cccc(C)c3)nc(N3CCOCC3)c2n1. The van der Waals surface area contributed by atoms with Crippen LogP contribution >= 0.6 is 0 Å². The summed E-state index contributed by atoms with van der Waals surface area (Å²) in [6, 6.07) is 8.06. The van der Waals surface area contributed by atoms with E-state index in [1.165, 1.54) is 5.56 Å². The molecule has 29 heavy (non-hydrogen) atoms. The molecule has 0 unspecified atom stereocenters. The number of carbonyl (C=O) groups excluding carboxylic acids is 1. The molecule has 0 aliphatic carbocycles. The van der Waals surface area contributed by atoms with Crippen molar-refractivity contribution in [2.75, 3.05) is 43.7 Å². The third-order valence-electron chi connectivity index (χ3n) is 4.63. The largest absolute Gasteiger partial charge is 0.378 e. The molecule has 3 aromatic rings. The van der Waals surface area contributed by atoms with Crippen molar-refractivity contribution in [3.63, 3.8) is 0 Å². The Morgan fingerprint density at radius 3 is 2.83 bits per heavy atom. The predicted octanol–water partition coefficient (Wildman–Crippen LogP) is 1.68. The van der Waals surface area contributed by atoms with Gasteiger partial charge in [0.1, 0.15) is 5.69 Å². The average Bonchev–Trinajstić information content (AvgIpc) is 3.17.